The largest absolute Gasteiger partial charge is 0.371 e. The molecule has 0 aliphatic carbocycles. The predicted octanol–water partition coefficient (Wildman–Crippen LogP) is 6.78. The van der Waals surface area contributed by atoms with E-state index >= 15 is 0 Å². The van der Waals surface area contributed by atoms with Gasteiger partial charge in [-0.2, -0.15) is 0 Å². The SMILES string of the molecule is C/C(Sc1ccccc1)=C1\C[C@H]2O[C@@H]1C[C@@H](OCc1ccccc1)[C@H]2OCc1ccccc1. The third-order valence-corrected chi connectivity index (χ3v) is 7.46. The van der Waals surface area contributed by atoms with Gasteiger partial charge in [-0.15, -0.1) is 0 Å². The van der Waals surface area contributed by atoms with Gasteiger partial charge in [0.05, 0.1) is 31.5 Å². The van der Waals surface area contributed by atoms with Crippen molar-refractivity contribution in [3.63, 3.8) is 0 Å². The number of thioether (sulfide) groups is 1. The summed E-state index contributed by atoms with van der Waals surface area (Å²) >= 11 is 1.83. The summed E-state index contributed by atoms with van der Waals surface area (Å²) in [5, 5.41) is 0. The molecule has 0 aromatic heterocycles. The van der Waals surface area contributed by atoms with Gasteiger partial charge in [0.1, 0.15) is 6.10 Å². The van der Waals surface area contributed by atoms with E-state index in [4.69, 9.17) is 14.2 Å². The van der Waals surface area contributed by atoms with E-state index in [1.54, 1.807) is 0 Å². The van der Waals surface area contributed by atoms with Crippen LogP contribution in [-0.4, -0.2) is 24.4 Å². The smallest absolute Gasteiger partial charge is 0.111 e. The lowest BCUT2D eigenvalue weighted by Gasteiger charge is -2.36. The molecule has 0 N–H and O–H groups in total. The van der Waals surface area contributed by atoms with Crippen molar-refractivity contribution in [2.24, 2.45) is 0 Å². The minimum Gasteiger partial charge on any atom is -0.371 e. The summed E-state index contributed by atoms with van der Waals surface area (Å²) in [4.78, 5) is 2.59. The second-order valence-corrected chi connectivity index (χ2v) is 9.98. The van der Waals surface area contributed by atoms with Crippen LogP contribution >= 0.6 is 11.8 Å². The molecule has 4 heteroatoms. The van der Waals surface area contributed by atoms with Crippen molar-refractivity contribution in [3.8, 4) is 0 Å². The molecule has 2 fully saturated rings. The Hall–Kier alpha value is -2.37. The van der Waals surface area contributed by atoms with Crippen LogP contribution in [0.25, 0.3) is 0 Å². The van der Waals surface area contributed by atoms with Gasteiger partial charge in [-0.25, -0.2) is 0 Å². The second kappa shape index (κ2) is 10.7. The number of allylic oxidation sites excluding steroid dienone is 1. The summed E-state index contributed by atoms with van der Waals surface area (Å²) < 4.78 is 19.4. The third kappa shape index (κ3) is 5.59. The zero-order valence-corrected chi connectivity index (χ0v) is 19.7. The molecule has 4 atom stereocenters. The van der Waals surface area contributed by atoms with Crippen LogP contribution in [0.2, 0.25) is 0 Å². The van der Waals surface area contributed by atoms with Crippen LogP contribution < -0.4 is 0 Å². The average molecular weight is 459 g/mol. The standard InChI is InChI=1S/C29H30O3S/c1-21(33-24-15-9-4-10-16-24)25-17-28-29(31-20-23-13-7-3-8-14-23)27(18-26(25)32-28)30-19-22-11-5-2-6-12-22/h2-16,26-29H,17-20H2,1H3/b25-21-/t26-,27-,28-,29-/m1/s1. The van der Waals surface area contributed by atoms with E-state index in [1.165, 1.54) is 26.5 Å². The average Bonchev–Trinajstić information content (AvgIpc) is 3.22. The van der Waals surface area contributed by atoms with Crippen molar-refractivity contribution < 1.29 is 14.2 Å². The fourth-order valence-corrected chi connectivity index (χ4v) is 5.68. The molecule has 170 valence electrons. The Morgan fingerprint density at radius 2 is 1.39 bits per heavy atom. The number of hydrogen-bond donors (Lipinski definition) is 0. The number of fused-ring (bicyclic) bond motifs is 2. The molecule has 2 heterocycles. The Morgan fingerprint density at radius 3 is 2.03 bits per heavy atom. The number of ether oxygens (including phenoxy) is 3. The van der Waals surface area contributed by atoms with Crippen LogP contribution in [0.1, 0.15) is 30.9 Å². The van der Waals surface area contributed by atoms with Gasteiger partial charge in [0, 0.05) is 17.7 Å². The highest BCUT2D eigenvalue weighted by molar-refractivity contribution is 8.03. The van der Waals surface area contributed by atoms with Gasteiger partial charge in [0.15, 0.2) is 0 Å². The van der Waals surface area contributed by atoms with Crippen molar-refractivity contribution in [2.75, 3.05) is 0 Å². The lowest BCUT2D eigenvalue weighted by molar-refractivity contribution is -0.182. The van der Waals surface area contributed by atoms with E-state index in [-0.39, 0.29) is 24.4 Å². The molecular weight excluding hydrogens is 428 g/mol. The van der Waals surface area contributed by atoms with Gasteiger partial charge in [-0.3, -0.25) is 0 Å². The maximum Gasteiger partial charge on any atom is 0.111 e. The molecule has 0 saturated carbocycles. The molecule has 3 nitrogen and oxygen atoms in total. The van der Waals surface area contributed by atoms with Crippen LogP contribution in [0.3, 0.4) is 0 Å². The van der Waals surface area contributed by atoms with Gasteiger partial charge in [0.25, 0.3) is 0 Å². The first kappa shape index (κ1) is 22.4. The second-order valence-electron chi connectivity index (χ2n) is 8.70. The molecule has 2 aliphatic heterocycles. The fraction of sp³-hybridized carbons (Fsp3) is 0.310. The highest BCUT2D eigenvalue weighted by atomic mass is 32.2. The molecule has 33 heavy (non-hydrogen) atoms. The third-order valence-electron chi connectivity index (χ3n) is 6.39. The zero-order valence-electron chi connectivity index (χ0n) is 18.9. The highest BCUT2D eigenvalue weighted by Crippen LogP contribution is 2.44. The van der Waals surface area contributed by atoms with Crippen LogP contribution in [0.4, 0.5) is 0 Å². The molecule has 5 rings (SSSR count). The Kier molecular flexibility index (Phi) is 7.27. The highest BCUT2D eigenvalue weighted by Gasteiger charge is 2.47. The summed E-state index contributed by atoms with van der Waals surface area (Å²) in [6.45, 7) is 3.38. The maximum atomic E-state index is 6.48. The topological polar surface area (TPSA) is 27.7 Å². The minimum absolute atomic E-state index is 0.00435. The molecule has 3 aromatic carbocycles. The van der Waals surface area contributed by atoms with E-state index in [2.05, 4.69) is 85.8 Å². The monoisotopic (exact) mass is 458 g/mol. The van der Waals surface area contributed by atoms with Crippen molar-refractivity contribution in [1.82, 2.24) is 0 Å². The van der Waals surface area contributed by atoms with E-state index in [1.807, 2.05) is 23.9 Å². The summed E-state index contributed by atoms with van der Waals surface area (Å²) in [5.41, 5.74) is 3.75. The van der Waals surface area contributed by atoms with Crippen molar-refractivity contribution in [3.05, 3.63) is 113 Å². The lowest BCUT2D eigenvalue weighted by atomic mass is 10.0. The van der Waals surface area contributed by atoms with E-state index in [9.17, 15) is 0 Å². The number of hydrogen-bond acceptors (Lipinski definition) is 4. The van der Waals surface area contributed by atoms with Crippen molar-refractivity contribution >= 4 is 11.8 Å². The number of rotatable bonds is 8. The van der Waals surface area contributed by atoms with Crippen molar-refractivity contribution in [1.29, 1.82) is 0 Å². The van der Waals surface area contributed by atoms with Crippen LogP contribution in [-0.2, 0) is 27.4 Å². The predicted molar refractivity (Wildman–Crippen MR) is 133 cm³/mol. The van der Waals surface area contributed by atoms with Crippen LogP contribution in [0, 0.1) is 0 Å². The Morgan fingerprint density at radius 1 is 0.818 bits per heavy atom. The quantitative estimate of drug-likeness (QED) is 0.348. The molecule has 0 amide bonds. The molecule has 2 saturated heterocycles. The molecular formula is C29H30O3S. The van der Waals surface area contributed by atoms with Gasteiger partial charge in [0.2, 0.25) is 0 Å². The summed E-state index contributed by atoms with van der Waals surface area (Å²) in [6.07, 6.45) is 1.77. The Labute approximate surface area is 200 Å². The van der Waals surface area contributed by atoms with E-state index < -0.39 is 0 Å². The van der Waals surface area contributed by atoms with E-state index in [0.717, 1.165) is 12.8 Å². The molecule has 0 radical (unpaired) electrons. The van der Waals surface area contributed by atoms with Crippen LogP contribution in [0.5, 0.6) is 0 Å². The first-order chi connectivity index (χ1) is 16.3. The van der Waals surface area contributed by atoms with Gasteiger partial charge >= 0.3 is 0 Å². The first-order valence-corrected chi connectivity index (χ1v) is 12.5. The zero-order chi connectivity index (χ0) is 22.5. The maximum absolute atomic E-state index is 6.48. The van der Waals surface area contributed by atoms with Crippen molar-refractivity contribution in [2.45, 2.75) is 62.3 Å². The Bertz CT molecular complexity index is 1050. The lowest BCUT2D eigenvalue weighted by Crippen LogP contribution is -2.46. The molecule has 0 spiro atoms. The summed E-state index contributed by atoms with van der Waals surface area (Å²) in [5.74, 6) is 0. The van der Waals surface area contributed by atoms with Gasteiger partial charge < -0.3 is 14.2 Å². The van der Waals surface area contributed by atoms with E-state index in [0.29, 0.717) is 13.2 Å². The van der Waals surface area contributed by atoms with Crippen LogP contribution in [0.15, 0.2) is 106 Å². The minimum atomic E-state index is -0.0859. The molecule has 0 unspecified atom stereocenters. The molecule has 3 aromatic rings. The summed E-state index contributed by atoms with van der Waals surface area (Å²) in [6, 6.07) is 31.3. The summed E-state index contributed by atoms with van der Waals surface area (Å²) in [7, 11) is 0. The van der Waals surface area contributed by atoms with Gasteiger partial charge in [-0.05, 0) is 40.7 Å². The normalized spacial score (nSPS) is 25.7. The fourth-order valence-electron chi connectivity index (χ4n) is 4.69. The van der Waals surface area contributed by atoms with Gasteiger partial charge in [-0.1, -0.05) is 90.6 Å². The Balaban J connectivity index is 1.33. The molecule has 2 aliphatic rings. The molecule has 2 bridgehead atoms. The first-order valence-electron chi connectivity index (χ1n) is 11.7. The number of benzene rings is 3.